The molecule has 0 radical (unpaired) electrons. The van der Waals surface area contributed by atoms with Crippen LogP contribution in [0.3, 0.4) is 0 Å². The smallest absolute Gasteiger partial charge is 0.157 e. The van der Waals surface area contributed by atoms with Crippen molar-refractivity contribution in [2.45, 2.75) is 32.4 Å². The SMILES string of the molecule is CC(c1nnc2n1CC(CO)CC2)n1cccn1. The quantitative estimate of drug-likeness (QED) is 0.864. The first-order valence-electron chi connectivity index (χ1n) is 6.31. The predicted molar refractivity (Wildman–Crippen MR) is 65.0 cm³/mol. The molecule has 6 nitrogen and oxygen atoms in total. The van der Waals surface area contributed by atoms with Crippen LogP contribution in [0.4, 0.5) is 0 Å². The van der Waals surface area contributed by atoms with Gasteiger partial charge in [-0.1, -0.05) is 0 Å². The Morgan fingerprint density at radius 3 is 3.11 bits per heavy atom. The molecule has 0 fully saturated rings. The fourth-order valence-corrected chi connectivity index (χ4v) is 2.50. The van der Waals surface area contributed by atoms with Gasteiger partial charge in [0.1, 0.15) is 11.9 Å². The number of hydrogen-bond acceptors (Lipinski definition) is 4. The third-order valence-corrected chi connectivity index (χ3v) is 3.63. The van der Waals surface area contributed by atoms with Crippen molar-refractivity contribution in [3.05, 3.63) is 30.1 Å². The molecule has 2 aromatic heterocycles. The number of rotatable bonds is 3. The van der Waals surface area contributed by atoms with Gasteiger partial charge in [0.15, 0.2) is 5.82 Å². The average molecular weight is 247 g/mol. The van der Waals surface area contributed by atoms with Gasteiger partial charge in [-0.05, 0) is 19.4 Å². The summed E-state index contributed by atoms with van der Waals surface area (Å²) in [6, 6.07) is 1.97. The van der Waals surface area contributed by atoms with Gasteiger partial charge in [-0.2, -0.15) is 5.10 Å². The van der Waals surface area contributed by atoms with Gasteiger partial charge in [0, 0.05) is 37.9 Å². The third kappa shape index (κ3) is 1.82. The van der Waals surface area contributed by atoms with E-state index in [4.69, 9.17) is 0 Å². The highest BCUT2D eigenvalue weighted by molar-refractivity contribution is 5.05. The maximum Gasteiger partial charge on any atom is 0.157 e. The van der Waals surface area contributed by atoms with E-state index in [2.05, 4.69) is 26.8 Å². The number of aliphatic hydroxyl groups is 1. The lowest BCUT2D eigenvalue weighted by Crippen LogP contribution is -2.26. The summed E-state index contributed by atoms with van der Waals surface area (Å²) in [5.74, 6) is 2.26. The second-order valence-electron chi connectivity index (χ2n) is 4.83. The van der Waals surface area contributed by atoms with Crippen molar-refractivity contribution in [1.29, 1.82) is 0 Å². The average Bonchev–Trinajstić information content (AvgIpc) is 3.06. The molecule has 0 amide bonds. The van der Waals surface area contributed by atoms with Crippen molar-refractivity contribution < 1.29 is 5.11 Å². The van der Waals surface area contributed by atoms with Crippen LogP contribution in [0.2, 0.25) is 0 Å². The van der Waals surface area contributed by atoms with Gasteiger partial charge in [0.2, 0.25) is 0 Å². The minimum Gasteiger partial charge on any atom is -0.396 e. The molecule has 6 heteroatoms. The van der Waals surface area contributed by atoms with E-state index in [-0.39, 0.29) is 12.6 Å². The van der Waals surface area contributed by atoms with E-state index < -0.39 is 0 Å². The first-order valence-corrected chi connectivity index (χ1v) is 6.31. The van der Waals surface area contributed by atoms with Gasteiger partial charge in [-0.3, -0.25) is 4.68 Å². The number of fused-ring (bicyclic) bond motifs is 1. The minimum absolute atomic E-state index is 0.0682. The van der Waals surface area contributed by atoms with Gasteiger partial charge in [-0.25, -0.2) is 0 Å². The van der Waals surface area contributed by atoms with Gasteiger partial charge in [0.05, 0.1) is 0 Å². The Hall–Kier alpha value is -1.69. The summed E-state index contributed by atoms with van der Waals surface area (Å²) < 4.78 is 4.01. The van der Waals surface area contributed by atoms with Crippen molar-refractivity contribution >= 4 is 0 Å². The Morgan fingerprint density at radius 2 is 2.39 bits per heavy atom. The molecule has 2 aromatic rings. The first-order chi connectivity index (χ1) is 8.79. The van der Waals surface area contributed by atoms with Crippen molar-refractivity contribution in [1.82, 2.24) is 24.5 Å². The van der Waals surface area contributed by atoms with E-state index in [0.29, 0.717) is 5.92 Å². The Kier molecular flexibility index (Phi) is 2.87. The van der Waals surface area contributed by atoms with E-state index in [0.717, 1.165) is 31.0 Å². The highest BCUT2D eigenvalue weighted by Gasteiger charge is 2.25. The number of aryl methyl sites for hydroxylation is 1. The van der Waals surface area contributed by atoms with E-state index in [1.54, 1.807) is 6.20 Å². The molecule has 2 unspecified atom stereocenters. The van der Waals surface area contributed by atoms with Crippen molar-refractivity contribution in [2.75, 3.05) is 6.61 Å². The molecule has 1 aliphatic rings. The summed E-state index contributed by atoms with van der Waals surface area (Å²) in [5.41, 5.74) is 0. The molecule has 0 aliphatic carbocycles. The minimum atomic E-state index is 0.0682. The summed E-state index contributed by atoms with van der Waals surface area (Å²) in [4.78, 5) is 0. The molecule has 3 heterocycles. The Morgan fingerprint density at radius 1 is 1.50 bits per heavy atom. The Bertz CT molecular complexity index is 519. The lowest BCUT2D eigenvalue weighted by Gasteiger charge is -2.24. The fraction of sp³-hybridized carbons (Fsp3) is 0.583. The lowest BCUT2D eigenvalue weighted by molar-refractivity contribution is 0.188. The van der Waals surface area contributed by atoms with Crippen molar-refractivity contribution in [3.63, 3.8) is 0 Å². The molecule has 18 heavy (non-hydrogen) atoms. The van der Waals surface area contributed by atoms with Crippen LogP contribution in [0, 0.1) is 5.92 Å². The zero-order chi connectivity index (χ0) is 12.5. The lowest BCUT2D eigenvalue weighted by atomic mass is 10.0. The molecule has 0 bridgehead atoms. The topological polar surface area (TPSA) is 68.8 Å². The normalized spacial score (nSPS) is 20.7. The number of aliphatic hydroxyl groups excluding tert-OH is 1. The molecule has 96 valence electrons. The second-order valence-corrected chi connectivity index (χ2v) is 4.83. The van der Waals surface area contributed by atoms with Crippen LogP contribution in [-0.2, 0) is 13.0 Å². The van der Waals surface area contributed by atoms with Crippen LogP contribution >= 0.6 is 0 Å². The number of nitrogens with zero attached hydrogens (tertiary/aromatic N) is 5. The zero-order valence-corrected chi connectivity index (χ0v) is 10.4. The van der Waals surface area contributed by atoms with Crippen LogP contribution in [0.25, 0.3) is 0 Å². The van der Waals surface area contributed by atoms with E-state index >= 15 is 0 Å². The molecule has 0 aromatic carbocycles. The van der Waals surface area contributed by atoms with E-state index in [1.807, 2.05) is 16.9 Å². The predicted octanol–water partition coefficient (Wildman–Crippen LogP) is 0.639. The van der Waals surface area contributed by atoms with Crippen LogP contribution < -0.4 is 0 Å². The molecule has 0 saturated carbocycles. The van der Waals surface area contributed by atoms with E-state index in [1.165, 1.54) is 0 Å². The second kappa shape index (κ2) is 4.53. The van der Waals surface area contributed by atoms with Crippen LogP contribution in [0.5, 0.6) is 0 Å². The monoisotopic (exact) mass is 247 g/mol. The molecule has 0 saturated heterocycles. The van der Waals surface area contributed by atoms with Gasteiger partial charge < -0.3 is 9.67 Å². The highest BCUT2D eigenvalue weighted by atomic mass is 16.3. The van der Waals surface area contributed by atoms with Crippen molar-refractivity contribution in [3.8, 4) is 0 Å². The summed E-state index contributed by atoms with van der Waals surface area (Å²) >= 11 is 0. The zero-order valence-electron chi connectivity index (χ0n) is 10.4. The highest BCUT2D eigenvalue weighted by Crippen LogP contribution is 2.23. The van der Waals surface area contributed by atoms with Crippen LogP contribution in [-0.4, -0.2) is 36.3 Å². The summed E-state index contributed by atoms with van der Waals surface area (Å²) in [7, 11) is 0. The molecule has 1 aliphatic heterocycles. The first kappa shape index (κ1) is 11.4. The van der Waals surface area contributed by atoms with Gasteiger partial charge in [0.25, 0.3) is 0 Å². The fourth-order valence-electron chi connectivity index (χ4n) is 2.50. The van der Waals surface area contributed by atoms with E-state index in [9.17, 15) is 5.11 Å². The summed E-state index contributed by atoms with van der Waals surface area (Å²) in [6.07, 6.45) is 5.58. The Labute approximate surface area is 105 Å². The van der Waals surface area contributed by atoms with Crippen LogP contribution in [0.1, 0.15) is 31.0 Å². The van der Waals surface area contributed by atoms with Crippen molar-refractivity contribution in [2.24, 2.45) is 5.92 Å². The molecule has 2 atom stereocenters. The molecular formula is C12H17N5O. The summed E-state index contributed by atoms with van der Waals surface area (Å²) in [5, 5.41) is 22.1. The summed E-state index contributed by atoms with van der Waals surface area (Å²) in [6.45, 7) is 3.10. The maximum atomic E-state index is 9.30. The largest absolute Gasteiger partial charge is 0.396 e. The maximum absolute atomic E-state index is 9.30. The van der Waals surface area contributed by atoms with Crippen LogP contribution in [0.15, 0.2) is 18.5 Å². The standard InChI is InChI=1S/C12H17N5O/c1-9(17-6-2-5-13-17)12-15-14-11-4-3-10(8-18)7-16(11)12/h2,5-6,9-10,18H,3-4,7-8H2,1H3. The Balaban J connectivity index is 1.92. The molecule has 0 spiro atoms. The molecule has 1 N–H and O–H groups in total. The third-order valence-electron chi connectivity index (χ3n) is 3.63. The van der Waals surface area contributed by atoms with Gasteiger partial charge >= 0.3 is 0 Å². The number of aromatic nitrogens is 5. The molecule has 3 rings (SSSR count). The van der Waals surface area contributed by atoms with Gasteiger partial charge in [-0.15, -0.1) is 10.2 Å². The number of hydrogen-bond donors (Lipinski definition) is 1. The molecular weight excluding hydrogens is 230 g/mol.